The monoisotopic (exact) mass is 611 g/mol. The van der Waals surface area contributed by atoms with Crippen LogP contribution in [0, 0.1) is 17.3 Å². The van der Waals surface area contributed by atoms with Gasteiger partial charge in [-0.3, -0.25) is 4.79 Å². The predicted molar refractivity (Wildman–Crippen MR) is 164 cm³/mol. The number of ether oxygens (including phenoxy) is 2. The van der Waals surface area contributed by atoms with Gasteiger partial charge in [-0.15, -0.1) is 0 Å². The van der Waals surface area contributed by atoms with E-state index in [2.05, 4.69) is 37.1 Å². The van der Waals surface area contributed by atoms with Gasteiger partial charge in [0.1, 0.15) is 6.04 Å². The first kappa shape index (κ1) is 32.3. The van der Waals surface area contributed by atoms with Crippen LogP contribution >= 0.6 is 0 Å². The van der Waals surface area contributed by atoms with Crippen LogP contribution < -0.4 is 10.1 Å². The summed E-state index contributed by atoms with van der Waals surface area (Å²) >= 11 is 0. The van der Waals surface area contributed by atoms with E-state index in [0.29, 0.717) is 24.8 Å². The highest BCUT2D eigenvalue weighted by atomic mass is 19.3. The quantitative estimate of drug-likeness (QED) is 0.314. The third kappa shape index (κ3) is 6.63. The molecule has 1 aromatic heterocycles. The lowest BCUT2D eigenvalue weighted by molar-refractivity contribution is -0.160. The molecule has 3 aliphatic rings. The second kappa shape index (κ2) is 13.1. The molecule has 0 radical (unpaired) electrons. The van der Waals surface area contributed by atoms with Crippen molar-refractivity contribution in [3.8, 4) is 5.88 Å². The molecule has 44 heavy (non-hydrogen) atoms. The summed E-state index contributed by atoms with van der Waals surface area (Å²) in [7, 11) is 1.60. The second-order valence-corrected chi connectivity index (χ2v) is 13.8. The number of hydrogen-bond donors (Lipinski definition) is 1. The van der Waals surface area contributed by atoms with Crippen LogP contribution in [-0.4, -0.2) is 53.5 Å². The first-order chi connectivity index (χ1) is 20.9. The zero-order chi connectivity index (χ0) is 31.6. The summed E-state index contributed by atoms with van der Waals surface area (Å²) in [6.07, 6.45) is 5.31. The molecule has 3 fully saturated rings. The molecular weight excluding hydrogens is 564 g/mol. The number of amides is 1. The number of hydrogen-bond acceptors (Lipinski definition) is 6. The van der Waals surface area contributed by atoms with Crippen molar-refractivity contribution in [1.82, 2.24) is 15.2 Å². The molecule has 2 heterocycles. The minimum atomic E-state index is -2.91. The fourth-order valence-electron chi connectivity index (χ4n) is 7.56. The van der Waals surface area contributed by atoms with E-state index < -0.39 is 53.7 Å². The molecule has 2 saturated carbocycles. The van der Waals surface area contributed by atoms with Gasteiger partial charge in [-0.05, 0) is 61.1 Å². The highest BCUT2D eigenvalue weighted by molar-refractivity contribution is 5.88. The van der Waals surface area contributed by atoms with Gasteiger partial charge >= 0.3 is 5.97 Å². The van der Waals surface area contributed by atoms with E-state index in [1.54, 1.807) is 18.9 Å². The van der Waals surface area contributed by atoms with E-state index in [0.717, 1.165) is 24.0 Å². The molecule has 2 aromatic rings. The van der Waals surface area contributed by atoms with Crippen molar-refractivity contribution in [2.75, 3.05) is 13.7 Å². The second-order valence-electron chi connectivity index (χ2n) is 13.8. The Kier molecular flexibility index (Phi) is 9.64. The maximum absolute atomic E-state index is 14.6. The number of esters is 1. The molecule has 0 bridgehead atoms. The Morgan fingerprint density at radius 3 is 2.41 bits per heavy atom. The van der Waals surface area contributed by atoms with E-state index in [1.165, 1.54) is 12.0 Å². The van der Waals surface area contributed by atoms with E-state index in [4.69, 9.17) is 9.47 Å². The number of carbonyl (C=O) groups is 2. The van der Waals surface area contributed by atoms with Gasteiger partial charge in [0.25, 0.3) is 0 Å². The first-order valence-electron chi connectivity index (χ1n) is 16.1. The standard InChI is InChI=1S/C35H47F2N3O4/c1-6-44-33(42)30-27(34(2,3)4)28(38-21-26-18-25(22-14-10-15-22)20-39-31(26)43-5)29(23-12-8-7-9-13-23)40(30)32(41)24-16-11-17-35(36,37)19-24/h7-9,12-13,18,20,22,24,27-30,38H,6,10-11,14-17,19,21H2,1-5H3/t24-,27+,28+,29+,30+/m1/s1. The third-order valence-electron chi connectivity index (χ3n) is 9.82. The van der Waals surface area contributed by atoms with Gasteiger partial charge in [0, 0.05) is 49.0 Å². The summed E-state index contributed by atoms with van der Waals surface area (Å²) in [6.45, 7) is 8.47. The van der Waals surface area contributed by atoms with Gasteiger partial charge in [0.05, 0.1) is 19.8 Å². The zero-order valence-electron chi connectivity index (χ0n) is 26.7. The van der Waals surface area contributed by atoms with Gasteiger partial charge < -0.3 is 19.7 Å². The van der Waals surface area contributed by atoms with Crippen LogP contribution in [0.2, 0.25) is 0 Å². The summed E-state index contributed by atoms with van der Waals surface area (Å²) in [5.74, 6) is -4.04. The Morgan fingerprint density at radius 2 is 1.82 bits per heavy atom. The Bertz CT molecular complexity index is 1310. The lowest BCUT2D eigenvalue weighted by atomic mass is 9.72. The molecular formula is C35H47F2N3O4. The maximum atomic E-state index is 14.6. The largest absolute Gasteiger partial charge is 0.481 e. The van der Waals surface area contributed by atoms with Crippen LogP contribution in [0.1, 0.15) is 101 Å². The molecule has 9 heteroatoms. The molecule has 1 saturated heterocycles. The maximum Gasteiger partial charge on any atom is 0.329 e. The summed E-state index contributed by atoms with van der Waals surface area (Å²) in [5, 5.41) is 3.74. The fraction of sp³-hybridized carbons (Fsp3) is 0.629. The fourth-order valence-corrected chi connectivity index (χ4v) is 7.56. The predicted octanol–water partition coefficient (Wildman–Crippen LogP) is 6.82. The average molecular weight is 612 g/mol. The number of aromatic nitrogens is 1. The van der Waals surface area contributed by atoms with Crippen molar-refractivity contribution >= 4 is 11.9 Å². The van der Waals surface area contributed by atoms with Gasteiger partial charge in [-0.2, -0.15) is 0 Å². The molecule has 5 rings (SSSR count). The van der Waals surface area contributed by atoms with Crippen LogP contribution in [0.5, 0.6) is 5.88 Å². The molecule has 0 unspecified atom stereocenters. The first-order valence-corrected chi connectivity index (χ1v) is 16.1. The number of nitrogens with zero attached hydrogens (tertiary/aromatic N) is 2. The van der Waals surface area contributed by atoms with E-state index in [-0.39, 0.29) is 25.4 Å². The lowest BCUT2D eigenvalue weighted by Gasteiger charge is -2.37. The Labute approximate surface area is 260 Å². The van der Waals surface area contributed by atoms with Gasteiger partial charge in [-0.1, -0.05) is 57.5 Å². The zero-order valence-corrected chi connectivity index (χ0v) is 26.7. The minimum absolute atomic E-state index is 0.153. The molecule has 1 aromatic carbocycles. The number of benzene rings is 1. The molecule has 1 aliphatic heterocycles. The summed E-state index contributed by atoms with van der Waals surface area (Å²) in [6, 6.07) is 9.85. The molecule has 240 valence electrons. The highest BCUT2D eigenvalue weighted by Gasteiger charge is 2.59. The number of methoxy groups -OCH3 is 1. The molecule has 7 nitrogen and oxygen atoms in total. The molecule has 0 spiro atoms. The Balaban J connectivity index is 1.59. The van der Waals surface area contributed by atoms with E-state index in [1.807, 2.05) is 36.5 Å². The van der Waals surface area contributed by atoms with Gasteiger partial charge in [0.2, 0.25) is 17.7 Å². The van der Waals surface area contributed by atoms with Gasteiger partial charge in [-0.25, -0.2) is 18.6 Å². The van der Waals surface area contributed by atoms with Crippen molar-refractivity contribution in [3.05, 3.63) is 59.3 Å². The number of pyridine rings is 1. The van der Waals surface area contributed by atoms with Crippen molar-refractivity contribution < 1.29 is 27.8 Å². The van der Waals surface area contributed by atoms with Crippen molar-refractivity contribution in [2.24, 2.45) is 17.3 Å². The molecule has 2 aliphatic carbocycles. The van der Waals surface area contributed by atoms with Crippen LogP contribution in [0.25, 0.3) is 0 Å². The van der Waals surface area contributed by atoms with Gasteiger partial charge in [0.15, 0.2) is 0 Å². The Morgan fingerprint density at radius 1 is 1.09 bits per heavy atom. The summed E-state index contributed by atoms with van der Waals surface area (Å²) in [5.41, 5.74) is 2.48. The summed E-state index contributed by atoms with van der Waals surface area (Å²) in [4.78, 5) is 34.5. The van der Waals surface area contributed by atoms with Crippen molar-refractivity contribution in [2.45, 2.75) is 109 Å². The van der Waals surface area contributed by atoms with Crippen LogP contribution in [0.4, 0.5) is 8.78 Å². The topological polar surface area (TPSA) is 80.8 Å². The summed E-state index contributed by atoms with van der Waals surface area (Å²) < 4.78 is 40.6. The number of carbonyl (C=O) groups excluding carboxylic acids is 2. The highest BCUT2D eigenvalue weighted by Crippen LogP contribution is 2.50. The average Bonchev–Trinajstić information content (AvgIpc) is 3.31. The normalized spacial score (nSPS) is 27.1. The number of alkyl halides is 2. The van der Waals surface area contributed by atoms with Crippen LogP contribution in [-0.2, 0) is 20.9 Å². The Hall–Kier alpha value is -3.07. The lowest BCUT2D eigenvalue weighted by Crippen LogP contribution is -2.50. The minimum Gasteiger partial charge on any atom is -0.481 e. The number of nitrogens with one attached hydrogen (secondary N) is 1. The molecule has 1 N–H and O–H groups in total. The molecule has 5 atom stereocenters. The smallest absolute Gasteiger partial charge is 0.329 e. The van der Waals surface area contributed by atoms with E-state index in [9.17, 15) is 18.4 Å². The van der Waals surface area contributed by atoms with E-state index >= 15 is 0 Å². The third-order valence-corrected chi connectivity index (χ3v) is 9.82. The number of halogens is 2. The SMILES string of the molecule is CCOC(=O)[C@@H]1[C@@H](C(C)(C)C)[C@H](NCc2cc(C3CCC3)cnc2OC)[C@H](c2ccccc2)N1C(=O)[C@@H]1CCCC(F)(F)C1. The van der Waals surface area contributed by atoms with Crippen LogP contribution in [0.15, 0.2) is 42.6 Å². The van der Waals surface area contributed by atoms with Crippen molar-refractivity contribution in [3.63, 3.8) is 0 Å². The van der Waals surface area contributed by atoms with Crippen molar-refractivity contribution in [1.29, 1.82) is 0 Å². The number of likely N-dealkylation sites (tertiary alicyclic amines) is 1. The molecule has 1 amide bonds. The number of rotatable bonds is 9. The van der Waals surface area contributed by atoms with Crippen LogP contribution in [0.3, 0.4) is 0 Å².